The number of hydrogen-bond acceptors (Lipinski definition) is 3. The topological polar surface area (TPSA) is 107 Å². The van der Waals surface area contributed by atoms with Crippen molar-refractivity contribution in [2.75, 3.05) is 13.6 Å². The van der Waals surface area contributed by atoms with E-state index in [2.05, 4.69) is 5.32 Å². The monoisotopic (exact) mass is 300 g/mol. The van der Waals surface area contributed by atoms with E-state index in [9.17, 15) is 14.4 Å². The molecule has 1 fully saturated rings. The number of nitrogens with one attached hydrogen (secondary N) is 1. The number of nitrogens with zero attached hydrogens (tertiary/aromatic N) is 1. The lowest BCUT2D eigenvalue weighted by Crippen LogP contribution is -2.48. The number of carboxylic acids is 2. The molecule has 0 heterocycles. The van der Waals surface area contributed by atoms with Gasteiger partial charge in [-0.3, -0.25) is 4.79 Å². The van der Waals surface area contributed by atoms with Gasteiger partial charge >= 0.3 is 18.0 Å². The van der Waals surface area contributed by atoms with E-state index in [-0.39, 0.29) is 12.8 Å². The van der Waals surface area contributed by atoms with Crippen molar-refractivity contribution in [2.24, 2.45) is 5.92 Å². The van der Waals surface area contributed by atoms with Gasteiger partial charge in [-0.15, -0.1) is 0 Å². The van der Waals surface area contributed by atoms with Crippen LogP contribution in [0.25, 0.3) is 0 Å². The van der Waals surface area contributed by atoms with Crippen LogP contribution in [0.2, 0.25) is 0 Å². The van der Waals surface area contributed by atoms with Gasteiger partial charge in [-0.2, -0.15) is 0 Å². The number of carbonyl (C=O) groups excluding carboxylic acids is 1. The van der Waals surface area contributed by atoms with Crippen molar-refractivity contribution in [3.8, 4) is 0 Å². The van der Waals surface area contributed by atoms with Gasteiger partial charge in [0.2, 0.25) is 0 Å². The van der Waals surface area contributed by atoms with Crippen LogP contribution >= 0.6 is 0 Å². The summed E-state index contributed by atoms with van der Waals surface area (Å²) < 4.78 is 0. The third kappa shape index (κ3) is 6.46. The van der Waals surface area contributed by atoms with E-state index in [1.807, 2.05) is 0 Å². The van der Waals surface area contributed by atoms with Crippen molar-refractivity contribution in [1.29, 1.82) is 0 Å². The first-order chi connectivity index (χ1) is 9.90. The Kier molecular flexibility index (Phi) is 6.98. The Labute approximate surface area is 124 Å². The fourth-order valence-corrected chi connectivity index (χ4v) is 2.62. The lowest BCUT2D eigenvalue weighted by Gasteiger charge is -2.28. The van der Waals surface area contributed by atoms with E-state index in [4.69, 9.17) is 10.2 Å². The minimum absolute atomic E-state index is 0.117. The summed E-state index contributed by atoms with van der Waals surface area (Å²) in [5.41, 5.74) is 0. The van der Waals surface area contributed by atoms with Crippen LogP contribution < -0.4 is 5.32 Å². The van der Waals surface area contributed by atoms with Crippen molar-refractivity contribution in [3.05, 3.63) is 0 Å². The predicted octanol–water partition coefficient (Wildman–Crippen LogP) is 1.53. The molecule has 0 spiro atoms. The zero-order valence-electron chi connectivity index (χ0n) is 12.4. The highest BCUT2D eigenvalue weighted by atomic mass is 16.4. The van der Waals surface area contributed by atoms with Gasteiger partial charge in [-0.1, -0.05) is 19.3 Å². The number of urea groups is 1. The molecular formula is C14H24N2O5. The van der Waals surface area contributed by atoms with Crippen molar-refractivity contribution in [2.45, 2.75) is 51.0 Å². The highest BCUT2D eigenvalue weighted by Crippen LogP contribution is 2.24. The smallest absolute Gasteiger partial charge is 0.326 e. The minimum atomic E-state index is -1.21. The van der Waals surface area contributed by atoms with Crippen LogP contribution in [0.4, 0.5) is 4.79 Å². The zero-order valence-corrected chi connectivity index (χ0v) is 12.4. The molecule has 1 rings (SSSR count). The van der Waals surface area contributed by atoms with Crippen molar-refractivity contribution in [1.82, 2.24) is 10.2 Å². The average molecular weight is 300 g/mol. The minimum Gasteiger partial charge on any atom is -0.481 e. The fraction of sp³-hybridized carbons (Fsp3) is 0.786. The normalized spacial score (nSPS) is 17.0. The van der Waals surface area contributed by atoms with Crippen molar-refractivity contribution >= 4 is 18.0 Å². The molecule has 0 aromatic rings. The summed E-state index contributed by atoms with van der Waals surface area (Å²) in [5.74, 6) is -1.82. The van der Waals surface area contributed by atoms with E-state index in [1.165, 1.54) is 24.2 Å². The molecule has 0 saturated heterocycles. The maximum atomic E-state index is 12.0. The highest BCUT2D eigenvalue weighted by molar-refractivity contribution is 5.82. The number of hydrogen-bond donors (Lipinski definition) is 3. The number of carbonyl (C=O) groups is 3. The largest absolute Gasteiger partial charge is 0.481 e. The quantitative estimate of drug-likeness (QED) is 0.661. The van der Waals surface area contributed by atoms with Crippen LogP contribution in [-0.2, 0) is 9.59 Å². The molecule has 1 aliphatic rings. The first-order valence-corrected chi connectivity index (χ1v) is 7.36. The summed E-state index contributed by atoms with van der Waals surface area (Å²) in [6, 6.07) is -1.62. The number of amides is 2. The van der Waals surface area contributed by atoms with Gasteiger partial charge in [0.1, 0.15) is 6.04 Å². The summed E-state index contributed by atoms with van der Waals surface area (Å²) in [6.07, 6.45) is 5.38. The molecule has 1 aliphatic carbocycles. The standard InChI is InChI=1S/C14H24N2O5/c1-16(9-10-5-3-2-4-6-10)14(21)15-11(13(19)20)7-8-12(17)18/h10-11H,2-9H2,1H3,(H,15,21)(H,17,18)(H,19,20). The van der Waals surface area contributed by atoms with Gasteiger partial charge in [0.05, 0.1) is 0 Å². The highest BCUT2D eigenvalue weighted by Gasteiger charge is 2.24. The fourth-order valence-electron chi connectivity index (χ4n) is 2.62. The van der Waals surface area contributed by atoms with Crippen LogP contribution in [0, 0.1) is 5.92 Å². The maximum absolute atomic E-state index is 12.0. The van der Waals surface area contributed by atoms with Crippen molar-refractivity contribution < 1.29 is 24.6 Å². The third-order valence-corrected chi connectivity index (χ3v) is 3.85. The molecule has 1 atom stereocenters. The summed E-state index contributed by atoms with van der Waals surface area (Å²) in [4.78, 5) is 35.0. The third-order valence-electron chi connectivity index (χ3n) is 3.85. The summed E-state index contributed by atoms with van der Waals surface area (Å²) in [6.45, 7) is 0.608. The first-order valence-electron chi connectivity index (χ1n) is 7.36. The lowest BCUT2D eigenvalue weighted by atomic mass is 9.89. The van der Waals surface area contributed by atoms with E-state index in [0.717, 1.165) is 12.8 Å². The van der Waals surface area contributed by atoms with Gasteiger partial charge < -0.3 is 20.4 Å². The molecule has 7 heteroatoms. The molecule has 1 saturated carbocycles. The predicted molar refractivity (Wildman–Crippen MR) is 76.0 cm³/mol. The first kappa shape index (κ1) is 17.3. The summed E-state index contributed by atoms with van der Waals surface area (Å²) in [5, 5.41) is 20.0. The Morgan fingerprint density at radius 1 is 1.19 bits per heavy atom. The number of aliphatic carboxylic acids is 2. The Morgan fingerprint density at radius 3 is 2.33 bits per heavy atom. The van der Waals surface area contributed by atoms with Gasteiger partial charge in [0.25, 0.3) is 0 Å². The van der Waals surface area contributed by atoms with Crippen LogP contribution in [0.1, 0.15) is 44.9 Å². The lowest BCUT2D eigenvalue weighted by molar-refractivity contribution is -0.140. The molecular weight excluding hydrogens is 276 g/mol. The molecule has 0 aromatic carbocycles. The molecule has 120 valence electrons. The van der Waals surface area contributed by atoms with Crippen LogP contribution in [0.3, 0.4) is 0 Å². The molecule has 1 unspecified atom stereocenters. The number of carboxylic acid groups (broad SMARTS) is 2. The zero-order chi connectivity index (χ0) is 15.8. The van der Waals surface area contributed by atoms with E-state index >= 15 is 0 Å². The Balaban J connectivity index is 2.43. The van der Waals surface area contributed by atoms with Crippen LogP contribution in [0.5, 0.6) is 0 Å². The Hall–Kier alpha value is -1.79. The van der Waals surface area contributed by atoms with Crippen molar-refractivity contribution in [3.63, 3.8) is 0 Å². The van der Waals surface area contributed by atoms with Gasteiger partial charge in [-0.05, 0) is 25.2 Å². The van der Waals surface area contributed by atoms with Crippen LogP contribution in [0.15, 0.2) is 0 Å². The molecule has 3 N–H and O–H groups in total. The Bertz CT molecular complexity index is 380. The molecule has 21 heavy (non-hydrogen) atoms. The molecule has 7 nitrogen and oxygen atoms in total. The second-order valence-corrected chi connectivity index (χ2v) is 5.66. The van der Waals surface area contributed by atoms with E-state index in [1.54, 1.807) is 7.05 Å². The molecule has 2 amide bonds. The maximum Gasteiger partial charge on any atom is 0.326 e. The summed E-state index contributed by atoms with van der Waals surface area (Å²) >= 11 is 0. The molecule has 0 aliphatic heterocycles. The van der Waals surface area contributed by atoms with Gasteiger partial charge in [0, 0.05) is 20.0 Å². The molecule has 0 bridgehead atoms. The molecule has 0 radical (unpaired) electrons. The second kappa shape index (κ2) is 8.49. The van der Waals surface area contributed by atoms with Crippen LogP contribution in [-0.4, -0.2) is 52.7 Å². The second-order valence-electron chi connectivity index (χ2n) is 5.66. The summed E-state index contributed by atoms with van der Waals surface area (Å²) in [7, 11) is 1.64. The average Bonchev–Trinajstić information content (AvgIpc) is 2.43. The Morgan fingerprint density at radius 2 is 1.81 bits per heavy atom. The van der Waals surface area contributed by atoms with E-state index < -0.39 is 24.0 Å². The van der Waals surface area contributed by atoms with E-state index in [0.29, 0.717) is 12.5 Å². The SMILES string of the molecule is CN(CC1CCCCC1)C(=O)NC(CCC(=O)O)C(=O)O. The van der Waals surface area contributed by atoms with Gasteiger partial charge in [-0.25, -0.2) is 9.59 Å². The molecule has 0 aromatic heterocycles. The van der Waals surface area contributed by atoms with Gasteiger partial charge in [0.15, 0.2) is 0 Å². The number of rotatable bonds is 7.